The molecular weight excluding hydrogens is 190 g/mol. The van der Waals surface area contributed by atoms with Crippen molar-refractivity contribution in [3.63, 3.8) is 0 Å². The molecular formula is C11H19N3O. The van der Waals surface area contributed by atoms with Gasteiger partial charge in [-0.25, -0.2) is 0 Å². The van der Waals surface area contributed by atoms with Gasteiger partial charge in [0, 0.05) is 18.7 Å². The van der Waals surface area contributed by atoms with Crippen molar-refractivity contribution in [3.05, 3.63) is 18.0 Å². The lowest BCUT2D eigenvalue weighted by Crippen LogP contribution is -2.29. The zero-order valence-corrected chi connectivity index (χ0v) is 9.28. The molecule has 0 bridgehead atoms. The summed E-state index contributed by atoms with van der Waals surface area (Å²) in [4.78, 5) is 2.40. The molecule has 0 radical (unpaired) electrons. The van der Waals surface area contributed by atoms with Crippen LogP contribution in [0.4, 0.5) is 0 Å². The monoisotopic (exact) mass is 209 g/mol. The number of hydrogen-bond acceptors (Lipinski definition) is 4. The summed E-state index contributed by atoms with van der Waals surface area (Å²) in [6.45, 7) is 3.24. The Kier molecular flexibility index (Phi) is 3.75. The Morgan fingerprint density at radius 1 is 1.53 bits per heavy atom. The summed E-state index contributed by atoms with van der Waals surface area (Å²) in [6, 6.07) is 2.54. The molecule has 1 atom stereocenters. The van der Waals surface area contributed by atoms with Gasteiger partial charge in [-0.15, -0.1) is 0 Å². The maximum atomic E-state index is 4.80. The molecule has 0 spiro atoms. The van der Waals surface area contributed by atoms with Crippen LogP contribution >= 0.6 is 0 Å². The second-order valence-corrected chi connectivity index (χ2v) is 4.30. The molecule has 1 aliphatic heterocycles. The average molecular weight is 209 g/mol. The predicted octanol–water partition coefficient (Wildman–Crippen LogP) is 1.25. The Hall–Kier alpha value is -0.870. The van der Waals surface area contributed by atoms with Crippen LogP contribution in [-0.4, -0.2) is 36.2 Å². The highest BCUT2D eigenvalue weighted by Crippen LogP contribution is 2.10. The Morgan fingerprint density at radius 2 is 2.47 bits per heavy atom. The largest absolute Gasteiger partial charge is 0.364 e. The van der Waals surface area contributed by atoms with Crippen LogP contribution in [-0.2, 0) is 6.54 Å². The lowest BCUT2D eigenvalue weighted by atomic mass is 10.1. The summed E-state index contributed by atoms with van der Waals surface area (Å²) in [5, 5.41) is 7.43. The topological polar surface area (TPSA) is 41.3 Å². The van der Waals surface area contributed by atoms with Gasteiger partial charge in [0.05, 0.1) is 5.69 Å². The molecule has 4 nitrogen and oxygen atoms in total. The number of nitrogens with one attached hydrogen (secondary N) is 1. The number of hydrogen-bond donors (Lipinski definition) is 1. The van der Waals surface area contributed by atoms with E-state index in [1.807, 2.05) is 6.07 Å². The van der Waals surface area contributed by atoms with Crippen LogP contribution in [0, 0.1) is 0 Å². The van der Waals surface area contributed by atoms with E-state index in [0.29, 0.717) is 6.04 Å². The molecule has 1 saturated heterocycles. The van der Waals surface area contributed by atoms with Crippen LogP contribution in [0.3, 0.4) is 0 Å². The predicted molar refractivity (Wildman–Crippen MR) is 58.5 cm³/mol. The van der Waals surface area contributed by atoms with Gasteiger partial charge < -0.3 is 14.7 Å². The first-order valence-electron chi connectivity index (χ1n) is 5.66. The van der Waals surface area contributed by atoms with Gasteiger partial charge in [-0.1, -0.05) is 5.16 Å². The molecule has 0 saturated carbocycles. The van der Waals surface area contributed by atoms with Crippen LogP contribution in [0.25, 0.3) is 0 Å². The molecule has 84 valence electrons. The molecule has 1 aromatic heterocycles. The van der Waals surface area contributed by atoms with Crippen LogP contribution in [0.2, 0.25) is 0 Å². The Balaban J connectivity index is 1.74. The summed E-state index contributed by atoms with van der Waals surface area (Å²) in [5.74, 6) is 0. The third kappa shape index (κ3) is 3.32. The third-order valence-electron chi connectivity index (χ3n) is 3.01. The molecule has 1 fully saturated rings. The Morgan fingerprint density at radius 3 is 3.27 bits per heavy atom. The van der Waals surface area contributed by atoms with Crippen molar-refractivity contribution < 1.29 is 4.52 Å². The van der Waals surface area contributed by atoms with Crippen LogP contribution in [0.5, 0.6) is 0 Å². The highest BCUT2D eigenvalue weighted by molar-refractivity contribution is 4.94. The fraction of sp³-hybridized carbons (Fsp3) is 0.727. The molecule has 0 amide bonds. The van der Waals surface area contributed by atoms with Gasteiger partial charge >= 0.3 is 0 Å². The molecule has 0 aliphatic carbocycles. The first-order valence-corrected chi connectivity index (χ1v) is 5.66. The first kappa shape index (κ1) is 10.6. The van der Waals surface area contributed by atoms with E-state index >= 15 is 0 Å². The van der Waals surface area contributed by atoms with E-state index in [2.05, 4.69) is 22.4 Å². The minimum Gasteiger partial charge on any atom is -0.364 e. The van der Waals surface area contributed by atoms with E-state index in [0.717, 1.165) is 12.2 Å². The van der Waals surface area contributed by atoms with E-state index in [-0.39, 0.29) is 0 Å². The summed E-state index contributed by atoms with van der Waals surface area (Å²) < 4.78 is 4.80. The average Bonchev–Trinajstić information content (AvgIpc) is 2.66. The maximum absolute atomic E-state index is 4.80. The fourth-order valence-corrected chi connectivity index (χ4v) is 2.02. The van der Waals surface area contributed by atoms with Crippen molar-refractivity contribution in [1.29, 1.82) is 0 Å². The highest BCUT2D eigenvalue weighted by atomic mass is 16.5. The minimum atomic E-state index is 0.631. The molecule has 2 rings (SSSR count). The fourth-order valence-electron chi connectivity index (χ4n) is 2.02. The van der Waals surface area contributed by atoms with Crippen molar-refractivity contribution in [2.45, 2.75) is 31.8 Å². The van der Waals surface area contributed by atoms with Gasteiger partial charge in [-0.05, 0) is 39.4 Å². The molecule has 15 heavy (non-hydrogen) atoms. The summed E-state index contributed by atoms with van der Waals surface area (Å²) in [7, 11) is 2.19. The second kappa shape index (κ2) is 5.28. The van der Waals surface area contributed by atoms with E-state index in [1.165, 1.54) is 32.4 Å². The smallest absolute Gasteiger partial charge is 0.124 e. The molecule has 1 aliphatic rings. The number of likely N-dealkylation sites (tertiary alicyclic amines) is 1. The highest BCUT2D eigenvalue weighted by Gasteiger charge is 2.14. The summed E-state index contributed by atoms with van der Waals surface area (Å²) in [6.07, 6.45) is 5.40. The molecule has 1 unspecified atom stereocenters. The summed E-state index contributed by atoms with van der Waals surface area (Å²) >= 11 is 0. The second-order valence-electron chi connectivity index (χ2n) is 4.30. The molecule has 1 aromatic rings. The molecule has 2 heterocycles. The lowest BCUT2D eigenvalue weighted by molar-refractivity contribution is 0.342. The van der Waals surface area contributed by atoms with Gasteiger partial charge in [0.2, 0.25) is 0 Å². The Bertz CT molecular complexity index is 273. The Labute approximate surface area is 90.6 Å². The van der Waals surface area contributed by atoms with E-state index < -0.39 is 0 Å². The van der Waals surface area contributed by atoms with E-state index in [1.54, 1.807) is 6.26 Å². The number of aromatic nitrogens is 1. The quantitative estimate of drug-likeness (QED) is 0.813. The number of nitrogens with zero attached hydrogens (tertiary/aromatic N) is 2. The summed E-state index contributed by atoms with van der Waals surface area (Å²) in [5.41, 5.74) is 0.993. The zero-order chi connectivity index (χ0) is 10.5. The van der Waals surface area contributed by atoms with Crippen LogP contribution < -0.4 is 5.32 Å². The normalized spacial score (nSPS) is 23.9. The SMILES string of the molecule is CN1CCCC(NCc2ccon2)CC1. The van der Waals surface area contributed by atoms with Gasteiger partial charge in [-0.2, -0.15) is 0 Å². The van der Waals surface area contributed by atoms with Gasteiger partial charge in [0.25, 0.3) is 0 Å². The lowest BCUT2D eigenvalue weighted by Gasteiger charge is -2.15. The van der Waals surface area contributed by atoms with Gasteiger partial charge in [0.15, 0.2) is 0 Å². The van der Waals surface area contributed by atoms with E-state index in [9.17, 15) is 0 Å². The standard InChI is InChI=1S/C11H19N3O/c1-14-6-2-3-10(4-7-14)12-9-11-5-8-15-13-11/h5,8,10,12H,2-4,6-7,9H2,1H3. The maximum Gasteiger partial charge on any atom is 0.124 e. The van der Waals surface area contributed by atoms with Crippen molar-refractivity contribution in [2.75, 3.05) is 20.1 Å². The van der Waals surface area contributed by atoms with E-state index in [4.69, 9.17) is 4.52 Å². The zero-order valence-electron chi connectivity index (χ0n) is 9.28. The molecule has 4 heteroatoms. The number of rotatable bonds is 3. The van der Waals surface area contributed by atoms with Gasteiger partial charge in [0.1, 0.15) is 6.26 Å². The van der Waals surface area contributed by atoms with Crippen molar-refractivity contribution >= 4 is 0 Å². The third-order valence-corrected chi connectivity index (χ3v) is 3.01. The van der Waals surface area contributed by atoms with Gasteiger partial charge in [-0.3, -0.25) is 0 Å². The van der Waals surface area contributed by atoms with Crippen molar-refractivity contribution in [3.8, 4) is 0 Å². The van der Waals surface area contributed by atoms with Crippen LogP contribution in [0.15, 0.2) is 16.9 Å². The van der Waals surface area contributed by atoms with Crippen molar-refractivity contribution in [2.24, 2.45) is 0 Å². The van der Waals surface area contributed by atoms with Crippen molar-refractivity contribution in [1.82, 2.24) is 15.4 Å². The molecule has 0 aromatic carbocycles. The molecule has 1 N–H and O–H groups in total. The first-order chi connectivity index (χ1) is 7.34. The minimum absolute atomic E-state index is 0.631. The van der Waals surface area contributed by atoms with Crippen LogP contribution in [0.1, 0.15) is 25.0 Å².